The van der Waals surface area contributed by atoms with Gasteiger partial charge in [0.2, 0.25) is 0 Å². The summed E-state index contributed by atoms with van der Waals surface area (Å²) >= 11 is 0. The van der Waals surface area contributed by atoms with Gasteiger partial charge in [-0.2, -0.15) is 0 Å². The molecule has 0 radical (unpaired) electrons. The Hall–Kier alpha value is -3.80. The minimum Gasteiger partial charge on any atom is -0.507 e. The van der Waals surface area contributed by atoms with E-state index in [9.17, 15) is 14.7 Å². The van der Waals surface area contributed by atoms with Crippen molar-refractivity contribution in [3.8, 4) is 5.75 Å². The highest BCUT2D eigenvalue weighted by Gasteiger charge is 2.46. The zero-order valence-corrected chi connectivity index (χ0v) is 20.1. The zero-order chi connectivity index (χ0) is 24.6. The topological polar surface area (TPSA) is 80.0 Å². The third kappa shape index (κ3) is 4.12. The smallest absolute Gasteiger partial charge is 0.296 e. The van der Waals surface area contributed by atoms with Crippen molar-refractivity contribution in [3.05, 3.63) is 93.9 Å². The fraction of sp³-hybridized carbons (Fsp3) is 0.286. The summed E-state index contributed by atoms with van der Waals surface area (Å²) in [6.45, 7) is 7.98. The number of benzene rings is 2. The van der Waals surface area contributed by atoms with Gasteiger partial charge in [0, 0.05) is 5.56 Å². The van der Waals surface area contributed by atoms with Crippen LogP contribution in [0.15, 0.2) is 64.8 Å². The number of hydrogen-bond acceptors (Lipinski definition) is 5. The Morgan fingerprint density at radius 1 is 1.12 bits per heavy atom. The molecule has 1 saturated heterocycles. The maximum absolute atomic E-state index is 13.3. The molecule has 1 aliphatic heterocycles. The molecule has 1 aromatic heterocycles. The molecule has 6 heteroatoms. The second kappa shape index (κ2) is 9.21. The SMILES string of the molecule is COc1cc(C)c(/C(O)=C2\C(=O)C(=O)N(Cc3ccco3)C2c2cccc(C)c2)cc1C(C)C. The third-order valence-corrected chi connectivity index (χ3v) is 6.26. The summed E-state index contributed by atoms with van der Waals surface area (Å²) in [6.07, 6.45) is 1.53. The predicted molar refractivity (Wildman–Crippen MR) is 130 cm³/mol. The molecule has 1 N–H and O–H groups in total. The van der Waals surface area contributed by atoms with Gasteiger partial charge in [-0.15, -0.1) is 0 Å². The normalized spacial score (nSPS) is 17.6. The average molecular weight is 460 g/mol. The van der Waals surface area contributed by atoms with E-state index in [1.807, 2.05) is 64.1 Å². The predicted octanol–water partition coefficient (Wildman–Crippen LogP) is 5.65. The Morgan fingerprint density at radius 2 is 1.88 bits per heavy atom. The molecule has 1 amide bonds. The zero-order valence-electron chi connectivity index (χ0n) is 20.1. The Bertz CT molecular complexity index is 1270. The molecule has 0 bridgehead atoms. The largest absolute Gasteiger partial charge is 0.507 e. The van der Waals surface area contributed by atoms with Crippen molar-refractivity contribution in [2.45, 2.75) is 46.2 Å². The quantitative estimate of drug-likeness (QED) is 0.293. The minimum absolute atomic E-state index is 0.0742. The first-order valence-electron chi connectivity index (χ1n) is 11.3. The van der Waals surface area contributed by atoms with Crippen LogP contribution in [0.4, 0.5) is 0 Å². The number of hydrogen-bond donors (Lipinski definition) is 1. The first kappa shape index (κ1) is 23.4. The number of methoxy groups -OCH3 is 1. The molecule has 0 aliphatic carbocycles. The van der Waals surface area contributed by atoms with Gasteiger partial charge < -0.3 is 19.2 Å². The summed E-state index contributed by atoms with van der Waals surface area (Å²) in [7, 11) is 1.61. The van der Waals surface area contributed by atoms with Crippen LogP contribution < -0.4 is 4.74 Å². The molecule has 0 saturated carbocycles. The molecule has 3 aromatic rings. The Morgan fingerprint density at radius 3 is 2.50 bits per heavy atom. The molecule has 176 valence electrons. The van der Waals surface area contributed by atoms with Crippen LogP contribution in [0.1, 0.15) is 59.4 Å². The number of nitrogens with zero attached hydrogens (tertiary/aromatic N) is 1. The van der Waals surface area contributed by atoms with Crippen LogP contribution in [0.5, 0.6) is 5.75 Å². The van der Waals surface area contributed by atoms with Crippen LogP contribution in [0.2, 0.25) is 0 Å². The van der Waals surface area contributed by atoms with Crippen molar-refractivity contribution in [3.63, 3.8) is 0 Å². The highest BCUT2D eigenvalue weighted by Crippen LogP contribution is 2.42. The van der Waals surface area contributed by atoms with Gasteiger partial charge in [0.05, 0.1) is 31.5 Å². The average Bonchev–Trinajstić information content (AvgIpc) is 3.40. The van der Waals surface area contributed by atoms with Gasteiger partial charge in [-0.05, 0) is 60.7 Å². The summed E-state index contributed by atoms with van der Waals surface area (Å²) in [5.41, 5.74) is 3.99. The van der Waals surface area contributed by atoms with E-state index in [4.69, 9.17) is 9.15 Å². The van der Waals surface area contributed by atoms with E-state index in [1.54, 1.807) is 19.2 Å². The van der Waals surface area contributed by atoms with Crippen LogP contribution in [0, 0.1) is 13.8 Å². The maximum atomic E-state index is 13.3. The van der Waals surface area contributed by atoms with Crippen molar-refractivity contribution in [2.24, 2.45) is 0 Å². The number of carbonyl (C=O) groups is 2. The van der Waals surface area contributed by atoms with Crippen molar-refractivity contribution < 1.29 is 23.8 Å². The summed E-state index contributed by atoms with van der Waals surface area (Å²) in [6, 6.07) is 14.1. The number of furan rings is 1. The standard InChI is InChI=1S/C28H29NO5/c1-16(2)21-14-22(18(4)13-23(21)33-5)26(30)24-25(19-9-6-8-17(3)12-19)29(28(32)27(24)31)15-20-10-7-11-34-20/h6-14,16,25,30H,15H2,1-5H3/b26-24+. The Labute approximate surface area is 199 Å². The van der Waals surface area contributed by atoms with Gasteiger partial charge in [0.1, 0.15) is 17.3 Å². The monoisotopic (exact) mass is 459 g/mol. The number of Topliss-reactive ketones (excluding diaryl/α,β-unsaturated/α-hetero) is 1. The van der Waals surface area contributed by atoms with Crippen LogP contribution in [0.25, 0.3) is 5.76 Å². The molecule has 0 spiro atoms. The molecular formula is C28H29NO5. The van der Waals surface area contributed by atoms with E-state index in [2.05, 4.69) is 0 Å². The van der Waals surface area contributed by atoms with E-state index < -0.39 is 17.7 Å². The Balaban J connectivity index is 1.93. The second-order valence-electron chi connectivity index (χ2n) is 8.98. The molecule has 34 heavy (non-hydrogen) atoms. The molecule has 2 heterocycles. The van der Waals surface area contributed by atoms with E-state index in [-0.39, 0.29) is 23.8 Å². The number of likely N-dealkylation sites (tertiary alicyclic amines) is 1. The molecule has 6 nitrogen and oxygen atoms in total. The molecule has 1 aliphatic rings. The summed E-state index contributed by atoms with van der Waals surface area (Å²) in [4.78, 5) is 28.0. The third-order valence-electron chi connectivity index (χ3n) is 6.26. The number of aliphatic hydroxyl groups is 1. The van der Waals surface area contributed by atoms with Crippen LogP contribution >= 0.6 is 0 Å². The molecular weight excluding hydrogens is 430 g/mol. The highest BCUT2D eigenvalue weighted by atomic mass is 16.5. The lowest BCUT2D eigenvalue weighted by atomic mass is 9.90. The number of ketones is 1. The first-order valence-corrected chi connectivity index (χ1v) is 11.3. The lowest BCUT2D eigenvalue weighted by Crippen LogP contribution is -2.29. The van der Waals surface area contributed by atoms with Gasteiger partial charge in [0.15, 0.2) is 0 Å². The summed E-state index contributed by atoms with van der Waals surface area (Å²) in [5, 5.41) is 11.5. The molecule has 2 aromatic carbocycles. The lowest BCUT2D eigenvalue weighted by molar-refractivity contribution is -0.140. The highest BCUT2D eigenvalue weighted by molar-refractivity contribution is 6.46. The maximum Gasteiger partial charge on any atom is 0.296 e. The van der Waals surface area contributed by atoms with Crippen LogP contribution in [0.3, 0.4) is 0 Å². The van der Waals surface area contributed by atoms with Crippen molar-refractivity contribution in [1.29, 1.82) is 0 Å². The number of rotatable bonds is 6. The van der Waals surface area contributed by atoms with Gasteiger partial charge in [-0.25, -0.2) is 0 Å². The van der Waals surface area contributed by atoms with Crippen LogP contribution in [-0.4, -0.2) is 28.8 Å². The number of amides is 1. The lowest BCUT2D eigenvalue weighted by Gasteiger charge is -2.25. The minimum atomic E-state index is -0.742. The number of carbonyl (C=O) groups excluding carboxylic acids is 2. The first-order chi connectivity index (χ1) is 16.2. The Kier molecular flexibility index (Phi) is 6.33. The number of aliphatic hydroxyl groups excluding tert-OH is 1. The van der Waals surface area contributed by atoms with Gasteiger partial charge in [0.25, 0.3) is 11.7 Å². The molecule has 1 fully saturated rings. The number of ether oxygens (including phenoxy) is 1. The van der Waals surface area contributed by atoms with E-state index in [1.165, 1.54) is 11.2 Å². The van der Waals surface area contributed by atoms with E-state index >= 15 is 0 Å². The van der Waals surface area contributed by atoms with E-state index in [0.29, 0.717) is 11.3 Å². The summed E-state index contributed by atoms with van der Waals surface area (Å²) < 4.78 is 11.0. The second-order valence-corrected chi connectivity index (χ2v) is 8.98. The number of aryl methyl sites for hydroxylation is 2. The van der Waals surface area contributed by atoms with E-state index in [0.717, 1.165) is 28.0 Å². The van der Waals surface area contributed by atoms with Gasteiger partial charge >= 0.3 is 0 Å². The van der Waals surface area contributed by atoms with Gasteiger partial charge in [-0.1, -0.05) is 43.7 Å². The van der Waals surface area contributed by atoms with Crippen molar-refractivity contribution in [2.75, 3.05) is 7.11 Å². The van der Waals surface area contributed by atoms with Crippen LogP contribution in [-0.2, 0) is 16.1 Å². The molecule has 1 unspecified atom stereocenters. The van der Waals surface area contributed by atoms with Crippen molar-refractivity contribution in [1.82, 2.24) is 4.90 Å². The fourth-order valence-corrected chi connectivity index (χ4v) is 4.53. The molecule has 4 rings (SSSR count). The van der Waals surface area contributed by atoms with Gasteiger partial charge in [-0.3, -0.25) is 9.59 Å². The summed E-state index contributed by atoms with van der Waals surface area (Å²) in [5.74, 6) is -0.152. The fourth-order valence-electron chi connectivity index (χ4n) is 4.53. The molecule has 1 atom stereocenters. The van der Waals surface area contributed by atoms with Crippen molar-refractivity contribution >= 4 is 17.4 Å².